The molecular formula is C16H17NO2S. The number of nitrogens with one attached hydrogen (secondary N) is 1. The van der Waals surface area contributed by atoms with E-state index in [1.165, 1.54) is 0 Å². The SMILES string of the molecule is Cc1ccc(C)c(NC(=O)c2ccc(S(C)=O)cc2)c1. The van der Waals surface area contributed by atoms with E-state index in [1.54, 1.807) is 30.5 Å². The molecule has 0 spiro atoms. The van der Waals surface area contributed by atoms with Gasteiger partial charge < -0.3 is 5.32 Å². The van der Waals surface area contributed by atoms with Gasteiger partial charge in [0.25, 0.3) is 5.91 Å². The number of benzene rings is 2. The topological polar surface area (TPSA) is 46.2 Å². The van der Waals surface area contributed by atoms with Gasteiger partial charge in [-0.05, 0) is 55.3 Å². The molecule has 2 rings (SSSR count). The van der Waals surface area contributed by atoms with Crippen molar-refractivity contribution in [2.24, 2.45) is 0 Å². The third kappa shape index (κ3) is 3.33. The van der Waals surface area contributed by atoms with Crippen molar-refractivity contribution >= 4 is 22.4 Å². The van der Waals surface area contributed by atoms with Crippen molar-refractivity contribution in [3.05, 3.63) is 59.2 Å². The Hall–Kier alpha value is -1.94. The Morgan fingerprint density at radius 2 is 1.70 bits per heavy atom. The molecule has 0 aromatic heterocycles. The van der Waals surface area contributed by atoms with Crippen LogP contribution in [-0.2, 0) is 10.8 Å². The molecule has 4 heteroatoms. The summed E-state index contributed by atoms with van der Waals surface area (Å²) in [5.74, 6) is -0.160. The van der Waals surface area contributed by atoms with Crippen LogP contribution in [0.3, 0.4) is 0 Å². The van der Waals surface area contributed by atoms with Gasteiger partial charge in [-0.25, -0.2) is 0 Å². The van der Waals surface area contributed by atoms with E-state index in [0.717, 1.165) is 16.8 Å². The first-order valence-electron chi connectivity index (χ1n) is 6.29. The molecule has 0 aliphatic heterocycles. The molecule has 0 bridgehead atoms. The molecule has 20 heavy (non-hydrogen) atoms. The monoisotopic (exact) mass is 287 g/mol. The molecule has 2 aromatic rings. The highest BCUT2D eigenvalue weighted by Crippen LogP contribution is 2.17. The van der Waals surface area contributed by atoms with Gasteiger partial charge in [0.1, 0.15) is 0 Å². The molecule has 3 nitrogen and oxygen atoms in total. The average Bonchev–Trinajstić information content (AvgIpc) is 2.43. The van der Waals surface area contributed by atoms with Gasteiger partial charge >= 0.3 is 0 Å². The van der Waals surface area contributed by atoms with E-state index in [9.17, 15) is 9.00 Å². The van der Waals surface area contributed by atoms with Crippen molar-refractivity contribution in [1.29, 1.82) is 0 Å². The van der Waals surface area contributed by atoms with E-state index in [2.05, 4.69) is 5.32 Å². The molecule has 1 N–H and O–H groups in total. The molecule has 1 unspecified atom stereocenters. The van der Waals surface area contributed by atoms with Gasteiger partial charge in [-0.2, -0.15) is 0 Å². The Labute approximate surface area is 121 Å². The third-order valence-electron chi connectivity index (χ3n) is 3.09. The number of amides is 1. The largest absolute Gasteiger partial charge is 0.322 e. The summed E-state index contributed by atoms with van der Waals surface area (Å²) < 4.78 is 11.3. The van der Waals surface area contributed by atoms with Crippen LogP contribution in [0, 0.1) is 13.8 Å². The van der Waals surface area contributed by atoms with Crippen LogP contribution in [0.5, 0.6) is 0 Å². The number of aryl methyl sites for hydroxylation is 2. The molecule has 0 radical (unpaired) electrons. The van der Waals surface area contributed by atoms with Crippen LogP contribution in [0.1, 0.15) is 21.5 Å². The van der Waals surface area contributed by atoms with Crippen LogP contribution in [0.4, 0.5) is 5.69 Å². The minimum atomic E-state index is -1.03. The Morgan fingerprint density at radius 1 is 1.05 bits per heavy atom. The second-order valence-corrected chi connectivity index (χ2v) is 6.13. The lowest BCUT2D eigenvalue weighted by Gasteiger charge is -2.09. The summed E-state index contributed by atoms with van der Waals surface area (Å²) in [6, 6.07) is 12.8. The number of hydrogen-bond acceptors (Lipinski definition) is 2. The first-order valence-corrected chi connectivity index (χ1v) is 7.85. The second kappa shape index (κ2) is 6.01. The fourth-order valence-electron chi connectivity index (χ4n) is 1.86. The molecule has 1 atom stereocenters. The maximum absolute atomic E-state index is 12.2. The summed E-state index contributed by atoms with van der Waals surface area (Å²) in [6.45, 7) is 3.94. The van der Waals surface area contributed by atoms with Gasteiger partial charge in [-0.15, -0.1) is 0 Å². The van der Waals surface area contributed by atoms with E-state index in [0.29, 0.717) is 10.5 Å². The quantitative estimate of drug-likeness (QED) is 0.941. The lowest BCUT2D eigenvalue weighted by atomic mass is 10.1. The van der Waals surface area contributed by atoms with E-state index in [4.69, 9.17) is 0 Å². The zero-order valence-electron chi connectivity index (χ0n) is 11.8. The van der Waals surface area contributed by atoms with Crippen molar-refractivity contribution in [2.45, 2.75) is 18.7 Å². The summed E-state index contributed by atoms with van der Waals surface area (Å²) in [4.78, 5) is 12.9. The predicted molar refractivity (Wildman–Crippen MR) is 82.6 cm³/mol. The van der Waals surface area contributed by atoms with Gasteiger partial charge in [0, 0.05) is 33.2 Å². The van der Waals surface area contributed by atoms with Crippen molar-refractivity contribution < 1.29 is 9.00 Å². The molecule has 0 fully saturated rings. The summed E-state index contributed by atoms with van der Waals surface area (Å²) in [5, 5.41) is 2.90. The molecule has 0 aliphatic carbocycles. The van der Waals surface area contributed by atoms with Crippen LogP contribution in [0.25, 0.3) is 0 Å². The van der Waals surface area contributed by atoms with Crippen LogP contribution >= 0.6 is 0 Å². The standard InChI is InChI=1S/C16H17NO2S/c1-11-4-5-12(2)15(10-11)17-16(18)13-6-8-14(9-7-13)20(3)19/h4-10H,1-3H3,(H,17,18). The summed E-state index contributed by atoms with van der Waals surface area (Å²) in [6.07, 6.45) is 1.62. The van der Waals surface area contributed by atoms with Crippen molar-refractivity contribution in [3.8, 4) is 0 Å². The minimum Gasteiger partial charge on any atom is -0.322 e. The smallest absolute Gasteiger partial charge is 0.255 e. The molecule has 104 valence electrons. The van der Waals surface area contributed by atoms with Gasteiger partial charge in [0.15, 0.2) is 0 Å². The Bertz CT molecular complexity index is 663. The summed E-state index contributed by atoms with van der Waals surface area (Å²) in [5.41, 5.74) is 3.50. The van der Waals surface area contributed by atoms with E-state index in [1.807, 2.05) is 32.0 Å². The van der Waals surface area contributed by atoms with Gasteiger partial charge in [-0.1, -0.05) is 12.1 Å². The summed E-state index contributed by atoms with van der Waals surface area (Å²) >= 11 is 0. The van der Waals surface area contributed by atoms with Gasteiger partial charge in [0.05, 0.1) is 0 Å². The lowest BCUT2D eigenvalue weighted by molar-refractivity contribution is 0.102. The molecule has 2 aromatic carbocycles. The number of carbonyl (C=O) groups excluding carboxylic acids is 1. The number of rotatable bonds is 3. The van der Waals surface area contributed by atoms with Crippen LogP contribution < -0.4 is 5.32 Å². The normalized spacial score (nSPS) is 11.9. The Balaban J connectivity index is 2.19. The first-order chi connectivity index (χ1) is 9.47. The molecular weight excluding hydrogens is 270 g/mol. The second-order valence-electron chi connectivity index (χ2n) is 4.75. The van der Waals surface area contributed by atoms with Crippen LogP contribution in [0.2, 0.25) is 0 Å². The molecule has 0 saturated carbocycles. The number of anilines is 1. The van der Waals surface area contributed by atoms with E-state index in [-0.39, 0.29) is 5.91 Å². The number of carbonyl (C=O) groups is 1. The van der Waals surface area contributed by atoms with Crippen LogP contribution in [0.15, 0.2) is 47.4 Å². The van der Waals surface area contributed by atoms with E-state index < -0.39 is 10.8 Å². The number of hydrogen-bond donors (Lipinski definition) is 1. The maximum atomic E-state index is 12.2. The average molecular weight is 287 g/mol. The summed E-state index contributed by atoms with van der Waals surface area (Å²) in [7, 11) is -1.03. The molecule has 0 saturated heterocycles. The van der Waals surface area contributed by atoms with E-state index >= 15 is 0 Å². The predicted octanol–water partition coefficient (Wildman–Crippen LogP) is 3.29. The zero-order chi connectivity index (χ0) is 14.7. The molecule has 0 aliphatic rings. The van der Waals surface area contributed by atoms with Gasteiger partial charge in [0.2, 0.25) is 0 Å². The highest BCUT2D eigenvalue weighted by molar-refractivity contribution is 7.84. The van der Waals surface area contributed by atoms with Crippen molar-refractivity contribution in [2.75, 3.05) is 11.6 Å². The third-order valence-corrected chi connectivity index (χ3v) is 4.03. The Kier molecular flexibility index (Phi) is 4.35. The molecule has 0 heterocycles. The molecule has 1 amide bonds. The zero-order valence-corrected chi connectivity index (χ0v) is 12.6. The fraction of sp³-hybridized carbons (Fsp3) is 0.188. The fourth-order valence-corrected chi connectivity index (χ4v) is 2.38. The highest BCUT2D eigenvalue weighted by atomic mass is 32.2. The lowest BCUT2D eigenvalue weighted by Crippen LogP contribution is -2.12. The minimum absolute atomic E-state index is 0.160. The highest BCUT2D eigenvalue weighted by Gasteiger charge is 2.08. The maximum Gasteiger partial charge on any atom is 0.255 e. The van der Waals surface area contributed by atoms with Crippen LogP contribution in [-0.4, -0.2) is 16.4 Å². The van der Waals surface area contributed by atoms with Gasteiger partial charge in [-0.3, -0.25) is 9.00 Å². The van der Waals surface area contributed by atoms with Crippen molar-refractivity contribution in [1.82, 2.24) is 0 Å². The first kappa shape index (κ1) is 14.5. The van der Waals surface area contributed by atoms with Crippen molar-refractivity contribution in [3.63, 3.8) is 0 Å². The Morgan fingerprint density at radius 3 is 2.30 bits per heavy atom.